The first kappa shape index (κ1) is 30.4. The van der Waals surface area contributed by atoms with Crippen LogP contribution in [0, 0.1) is 27.7 Å². The third kappa shape index (κ3) is 6.05. The van der Waals surface area contributed by atoms with E-state index < -0.39 is 17.9 Å². The molecule has 0 saturated heterocycles. The number of aliphatic carboxylic acids is 1. The van der Waals surface area contributed by atoms with Crippen LogP contribution in [0.1, 0.15) is 51.4 Å². The molecule has 3 heterocycles. The molecule has 0 saturated carbocycles. The molecule has 1 unspecified atom stereocenters. The van der Waals surface area contributed by atoms with Gasteiger partial charge in [0, 0.05) is 34.3 Å². The van der Waals surface area contributed by atoms with Crippen molar-refractivity contribution in [3.63, 3.8) is 0 Å². The van der Waals surface area contributed by atoms with E-state index in [1.165, 1.54) is 0 Å². The van der Waals surface area contributed by atoms with Crippen molar-refractivity contribution in [1.82, 2.24) is 20.1 Å². The molecule has 5 rings (SSSR count). The molecule has 1 atom stereocenters. The van der Waals surface area contributed by atoms with E-state index in [1.54, 1.807) is 16.8 Å². The zero-order valence-electron chi connectivity index (χ0n) is 24.6. The number of aromatic amines is 1. The molecule has 43 heavy (non-hydrogen) atoms. The topological polar surface area (TPSA) is 122 Å². The number of benzene rings is 2. The number of rotatable bonds is 8. The largest absolute Gasteiger partial charge is 0.494 e. The number of carbonyl (C=O) groups is 2. The van der Waals surface area contributed by atoms with Crippen molar-refractivity contribution in [3.05, 3.63) is 80.2 Å². The average molecular weight is 623 g/mol. The molecule has 3 N–H and O–H groups in total. The number of carboxylic acids is 1. The molecule has 2 aromatic carbocycles. The number of nitrogens with one attached hydrogen (secondary N) is 2. The molecule has 0 aliphatic carbocycles. The molecule has 4 aromatic rings. The summed E-state index contributed by atoms with van der Waals surface area (Å²) in [6, 6.07) is 6.63. The van der Waals surface area contributed by atoms with Gasteiger partial charge in [-0.3, -0.25) is 14.5 Å². The number of hydrogen-bond donors (Lipinski definition) is 3. The molecule has 0 fully saturated rings. The molecule has 1 aliphatic rings. The Balaban J connectivity index is 1.51. The summed E-state index contributed by atoms with van der Waals surface area (Å²) >= 11 is 13.1. The molecule has 0 radical (unpaired) electrons. The highest BCUT2D eigenvalue weighted by Gasteiger charge is 2.25. The van der Waals surface area contributed by atoms with Gasteiger partial charge in [0.25, 0.3) is 5.91 Å². The van der Waals surface area contributed by atoms with E-state index in [-0.39, 0.29) is 12.3 Å². The summed E-state index contributed by atoms with van der Waals surface area (Å²) in [5.74, 6) is -0.535. The zero-order chi connectivity index (χ0) is 31.0. The van der Waals surface area contributed by atoms with Crippen LogP contribution in [0.5, 0.6) is 5.75 Å². The highest BCUT2D eigenvalue weighted by atomic mass is 35.5. The Bertz CT molecular complexity index is 1790. The maximum absolute atomic E-state index is 13.7. The van der Waals surface area contributed by atoms with E-state index in [0.717, 1.165) is 60.9 Å². The number of aromatic nitrogens is 3. The molecule has 1 aliphatic heterocycles. The van der Waals surface area contributed by atoms with Gasteiger partial charge < -0.3 is 20.1 Å². The number of dihydropyridines is 1. The van der Waals surface area contributed by atoms with Gasteiger partial charge in [0.05, 0.1) is 22.8 Å². The number of amidine groups is 1. The molecule has 1 amide bonds. The second kappa shape index (κ2) is 12.3. The number of ether oxygens (including phenoxy) is 1. The van der Waals surface area contributed by atoms with Gasteiger partial charge in [-0.2, -0.15) is 5.10 Å². The molecular formula is C32H33Cl2N5O4. The van der Waals surface area contributed by atoms with Gasteiger partial charge in [-0.1, -0.05) is 35.3 Å². The first-order valence-electron chi connectivity index (χ1n) is 14.0. The minimum absolute atomic E-state index is 0.197. The minimum Gasteiger partial charge on any atom is -0.494 e. The lowest BCUT2D eigenvalue weighted by atomic mass is 9.98. The maximum Gasteiger partial charge on any atom is 0.328 e. The Morgan fingerprint density at radius 3 is 2.51 bits per heavy atom. The summed E-state index contributed by atoms with van der Waals surface area (Å²) in [6.45, 7) is 8.21. The summed E-state index contributed by atoms with van der Waals surface area (Å²) in [5.41, 5.74) is 7.20. The number of carbonyl (C=O) groups excluding carboxylic acids is 1. The van der Waals surface area contributed by atoms with Crippen LogP contribution in [0.4, 0.5) is 0 Å². The summed E-state index contributed by atoms with van der Waals surface area (Å²) in [5, 5.41) is 18.9. The minimum atomic E-state index is -1.05. The van der Waals surface area contributed by atoms with Gasteiger partial charge in [0.2, 0.25) is 0 Å². The van der Waals surface area contributed by atoms with Gasteiger partial charge in [0.15, 0.2) is 6.04 Å². The van der Waals surface area contributed by atoms with Gasteiger partial charge in [-0.05, 0) is 87.9 Å². The van der Waals surface area contributed by atoms with E-state index in [1.807, 2.05) is 59.0 Å². The number of halogens is 2. The standard InChI is InChI=1S/C32H33Cl2N5O4/c1-16-14-20(15-17(2)28(16)34)43-13-7-8-21-22-11-12-23(33)27(26-18(3)38-39(5)19(26)4)29(22)37-30(21)31(40)36-25-10-6-9-24(35-25)32(41)42/h6,10-12,14-15,24,37H,7-9,13H2,1-5H3,(H,41,42)(H,35,36,40). The van der Waals surface area contributed by atoms with E-state index in [9.17, 15) is 14.7 Å². The predicted octanol–water partition coefficient (Wildman–Crippen LogP) is 6.66. The second-order valence-corrected chi connectivity index (χ2v) is 11.6. The van der Waals surface area contributed by atoms with Crippen LogP contribution in [0.15, 0.2) is 41.4 Å². The van der Waals surface area contributed by atoms with Gasteiger partial charge in [-0.25, -0.2) is 4.79 Å². The summed E-state index contributed by atoms with van der Waals surface area (Å²) < 4.78 is 7.86. The summed E-state index contributed by atoms with van der Waals surface area (Å²) in [7, 11) is 1.88. The van der Waals surface area contributed by atoms with E-state index in [0.29, 0.717) is 30.2 Å². The van der Waals surface area contributed by atoms with Crippen LogP contribution < -0.4 is 10.1 Å². The molecular weight excluding hydrogens is 589 g/mol. The van der Waals surface area contributed by atoms with Crippen molar-refractivity contribution in [1.29, 1.82) is 0 Å². The lowest BCUT2D eigenvalue weighted by Gasteiger charge is -2.13. The predicted molar refractivity (Wildman–Crippen MR) is 170 cm³/mol. The Labute approximate surface area is 259 Å². The van der Waals surface area contributed by atoms with E-state index in [2.05, 4.69) is 20.4 Å². The number of nitrogens with zero attached hydrogens (tertiary/aromatic N) is 3. The molecule has 0 spiro atoms. The smallest absolute Gasteiger partial charge is 0.328 e. The number of hydrogen-bond acceptors (Lipinski definition) is 5. The normalized spacial score (nSPS) is 14.7. The number of amides is 1. The van der Waals surface area contributed by atoms with Gasteiger partial charge >= 0.3 is 5.97 Å². The maximum atomic E-state index is 13.7. The SMILES string of the molecule is Cc1cc(OCCCc2c(C(=O)NC3=NC(C(=O)O)CC=C3)[nH]c3c(-c4c(C)nn(C)c4C)c(Cl)ccc23)cc(C)c1Cl. The molecule has 2 aromatic heterocycles. The quantitative estimate of drug-likeness (QED) is 0.190. The zero-order valence-corrected chi connectivity index (χ0v) is 26.2. The van der Waals surface area contributed by atoms with Crippen molar-refractivity contribution in [2.24, 2.45) is 12.0 Å². The van der Waals surface area contributed by atoms with Crippen LogP contribution in [0.2, 0.25) is 10.0 Å². The Kier molecular flexibility index (Phi) is 8.66. The van der Waals surface area contributed by atoms with Crippen LogP contribution >= 0.6 is 23.2 Å². The lowest BCUT2D eigenvalue weighted by Crippen LogP contribution is -2.34. The molecule has 11 heteroatoms. The first-order valence-corrected chi connectivity index (χ1v) is 14.7. The molecule has 224 valence electrons. The molecule has 9 nitrogen and oxygen atoms in total. The average Bonchev–Trinajstić information content (AvgIpc) is 3.45. The van der Waals surface area contributed by atoms with Crippen molar-refractivity contribution < 1.29 is 19.4 Å². The summed E-state index contributed by atoms with van der Waals surface area (Å²) in [4.78, 5) is 32.7. The fourth-order valence-electron chi connectivity index (χ4n) is 5.54. The Morgan fingerprint density at radius 1 is 1.14 bits per heavy atom. The van der Waals surface area contributed by atoms with Gasteiger partial charge in [-0.15, -0.1) is 0 Å². The lowest BCUT2D eigenvalue weighted by molar-refractivity contribution is -0.138. The fourth-order valence-corrected chi connectivity index (χ4v) is 5.90. The number of aryl methyl sites for hydroxylation is 5. The highest BCUT2D eigenvalue weighted by molar-refractivity contribution is 6.35. The summed E-state index contributed by atoms with van der Waals surface area (Å²) in [6.07, 6.45) is 4.73. The van der Waals surface area contributed by atoms with Gasteiger partial charge in [0.1, 0.15) is 17.3 Å². The van der Waals surface area contributed by atoms with Crippen LogP contribution in [-0.4, -0.2) is 50.2 Å². The monoisotopic (exact) mass is 621 g/mol. The fraction of sp³-hybridized carbons (Fsp3) is 0.312. The third-order valence-electron chi connectivity index (χ3n) is 7.72. The van der Waals surface area contributed by atoms with Crippen molar-refractivity contribution in [2.45, 2.75) is 53.0 Å². The van der Waals surface area contributed by atoms with Crippen molar-refractivity contribution in [3.8, 4) is 16.9 Å². The van der Waals surface area contributed by atoms with Crippen LogP contribution in [0.25, 0.3) is 22.0 Å². The van der Waals surface area contributed by atoms with E-state index in [4.69, 9.17) is 27.9 Å². The first-order chi connectivity index (χ1) is 20.5. The highest BCUT2D eigenvalue weighted by Crippen LogP contribution is 2.40. The number of H-pyrrole nitrogens is 1. The third-order valence-corrected chi connectivity index (χ3v) is 8.64. The van der Waals surface area contributed by atoms with Crippen LogP contribution in [0.3, 0.4) is 0 Å². The van der Waals surface area contributed by atoms with Crippen LogP contribution in [-0.2, 0) is 18.3 Å². The number of aliphatic imine (C=N–C) groups is 1. The molecule has 0 bridgehead atoms. The van der Waals surface area contributed by atoms with Crippen molar-refractivity contribution in [2.75, 3.05) is 6.61 Å². The Hall–Kier alpha value is -4.08. The van der Waals surface area contributed by atoms with E-state index >= 15 is 0 Å². The van der Waals surface area contributed by atoms with Crippen molar-refractivity contribution >= 4 is 51.8 Å². The second-order valence-electron chi connectivity index (χ2n) is 10.8. The number of carboxylic acid groups (broad SMARTS) is 1. The number of fused-ring (bicyclic) bond motifs is 1. The Morgan fingerprint density at radius 2 is 1.86 bits per heavy atom.